The Bertz CT molecular complexity index is 1950. The van der Waals surface area contributed by atoms with Crippen molar-refractivity contribution < 1.29 is 9.47 Å². The fraction of sp³-hybridized carbons (Fsp3) is 0.267. The van der Waals surface area contributed by atoms with Crippen LogP contribution in [0.1, 0.15) is 5.56 Å². The molecule has 0 atom stereocenters. The average molecular weight is 568 g/mol. The van der Waals surface area contributed by atoms with Crippen molar-refractivity contribution in [2.75, 3.05) is 12.3 Å². The molecule has 0 aliphatic carbocycles. The summed E-state index contributed by atoms with van der Waals surface area (Å²) in [4.78, 5) is 17.9. The summed E-state index contributed by atoms with van der Waals surface area (Å²) in [5.41, 5.74) is 8.99. The highest BCUT2D eigenvalue weighted by molar-refractivity contribution is 6.76. The summed E-state index contributed by atoms with van der Waals surface area (Å²) in [5, 5.41) is 11.8. The monoisotopic (exact) mass is 567 g/mol. The van der Waals surface area contributed by atoms with E-state index in [0.29, 0.717) is 36.2 Å². The Morgan fingerprint density at radius 3 is 2.49 bits per heavy atom. The van der Waals surface area contributed by atoms with Gasteiger partial charge in [-0.25, -0.2) is 9.36 Å². The van der Waals surface area contributed by atoms with Crippen LogP contribution in [0.25, 0.3) is 32.7 Å². The Labute approximate surface area is 237 Å². The maximum absolute atomic E-state index is 13.7. The maximum Gasteiger partial charge on any atom is 0.291 e. The molecule has 0 spiro atoms. The third-order valence-corrected chi connectivity index (χ3v) is 8.95. The van der Waals surface area contributed by atoms with Crippen molar-refractivity contribution in [1.29, 1.82) is 0 Å². The minimum atomic E-state index is -1.16. The van der Waals surface area contributed by atoms with Crippen molar-refractivity contribution in [2.45, 2.75) is 39.0 Å². The SMILES string of the molecule is Cn1c2cc(Oc3cccc(N)n3)ccc2c2cnn(Cc3cccc4c3cnn4COCC[Si](C)(C)C)c(=O)c21. The molecule has 0 aliphatic heterocycles. The second kappa shape index (κ2) is 10.5. The van der Waals surface area contributed by atoms with Gasteiger partial charge in [0.1, 0.15) is 23.8 Å². The van der Waals surface area contributed by atoms with Crippen LogP contribution in [0.3, 0.4) is 0 Å². The van der Waals surface area contributed by atoms with Crippen molar-refractivity contribution in [1.82, 2.24) is 29.1 Å². The van der Waals surface area contributed by atoms with Crippen LogP contribution in [0.5, 0.6) is 11.6 Å². The third kappa shape index (κ3) is 5.33. The molecule has 0 aliphatic rings. The van der Waals surface area contributed by atoms with Gasteiger partial charge in [0.25, 0.3) is 5.56 Å². The van der Waals surface area contributed by atoms with Crippen LogP contribution in [0.15, 0.2) is 71.8 Å². The third-order valence-electron chi connectivity index (χ3n) is 7.25. The second-order valence-electron chi connectivity index (χ2n) is 11.5. The van der Waals surface area contributed by atoms with Crippen molar-refractivity contribution in [3.05, 3.63) is 82.9 Å². The molecule has 0 amide bonds. The van der Waals surface area contributed by atoms with Gasteiger partial charge in [-0.15, -0.1) is 0 Å². The molecule has 0 bridgehead atoms. The number of pyridine rings is 1. The van der Waals surface area contributed by atoms with E-state index in [1.54, 1.807) is 24.4 Å². The summed E-state index contributed by atoms with van der Waals surface area (Å²) in [5.74, 6) is 1.39. The number of aromatic nitrogens is 6. The Hall–Kier alpha value is -4.48. The first kappa shape index (κ1) is 26.7. The molecule has 210 valence electrons. The van der Waals surface area contributed by atoms with Gasteiger partial charge >= 0.3 is 0 Å². The molecule has 0 saturated carbocycles. The van der Waals surface area contributed by atoms with Gasteiger partial charge in [0.15, 0.2) is 0 Å². The fourth-order valence-corrected chi connectivity index (χ4v) is 5.77. The zero-order chi connectivity index (χ0) is 28.7. The Morgan fingerprint density at radius 1 is 0.902 bits per heavy atom. The first-order valence-corrected chi connectivity index (χ1v) is 17.3. The van der Waals surface area contributed by atoms with E-state index in [-0.39, 0.29) is 5.56 Å². The van der Waals surface area contributed by atoms with Crippen LogP contribution in [-0.4, -0.2) is 43.8 Å². The van der Waals surface area contributed by atoms with Crippen LogP contribution in [0, 0.1) is 0 Å². The van der Waals surface area contributed by atoms with E-state index in [1.807, 2.05) is 58.9 Å². The topological polar surface area (TPSA) is 115 Å². The number of anilines is 1. The van der Waals surface area contributed by atoms with Crippen LogP contribution >= 0.6 is 0 Å². The molecule has 2 aromatic carbocycles. The van der Waals surface area contributed by atoms with E-state index < -0.39 is 8.07 Å². The lowest BCUT2D eigenvalue weighted by atomic mass is 10.1. The highest BCUT2D eigenvalue weighted by Crippen LogP contribution is 2.31. The Balaban J connectivity index is 1.29. The van der Waals surface area contributed by atoms with E-state index in [4.69, 9.17) is 15.2 Å². The number of fused-ring (bicyclic) bond motifs is 4. The first-order valence-electron chi connectivity index (χ1n) is 13.6. The molecule has 6 aromatic rings. The molecule has 6 rings (SSSR count). The van der Waals surface area contributed by atoms with Crippen molar-refractivity contribution in [3.8, 4) is 11.6 Å². The molecular formula is C30H33N7O3Si. The van der Waals surface area contributed by atoms with Crippen molar-refractivity contribution in [3.63, 3.8) is 0 Å². The maximum atomic E-state index is 13.7. The molecule has 4 heterocycles. The lowest BCUT2D eigenvalue weighted by molar-refractivity contribution is 0.0817. The van der Waals surface area contributed by atoms with E-state index in [9.17, 15) is 4.79 Å². The highest BCUT2D eigenvalue weighted by Gasteiger charge is 2.17. The smallest absolute Gasteiger partial charge is 0.291 e. The number of benzene rings is 2. The van der Waals surface area contributed by atoms with Crippen molar-refractivity contribution in [2.24, 2.45) is 7.05 Å². The van der Waals surface area contributed by atoms with Gasteiger partial charge in [-0.1, -0.05) is 37.8 Å². The summed E-state index contributed by atoms with van der Waals surface area (Å²) in [6, 6.07) is 18.0. The highest BCUT2D eigenvalue weighted by atomic mass is 28.3. The summed E-state index contributed by atoms with van der Waals surface area (Å²) in [6.07, 6.45) is 3.60. The quantitative estimate of drug-likeness (QED) is 0.185. The molecule has 11 heteroatoms. The number of hydrogen-bond donors (Lipinski definition) is 1. The standard InChI is InChI=1S/C30H33N7O3Si/c1-35-26-15-21(40-28-10-6-9-27(31)34-28)11-12-22(26)24-17-32-36(30(38)29(24)35)18-20-7-5-8-25-23(20)16-33-37(25)19-39-13-14-41(2,3)4/h5-12,15-17H,13-14,18-19H2,1-4H3,(H2,31,34). The van der Waals surface area contributed by atoms with Crippen LogP contribution in [-0.2, 0) is 25.1 Å². The molecule has 0 unspecified atom stereocenters. The van der Waals surface area contributed by atoms with Crippen molar-refractivity contribution >= 4 is 46.6 Å². The first-order chi connectivity index (χ1) is 19.7. The van der Waals surface area contributed by atoms with Gasteiger partial charge in [-0.2, -0.15) is 15.2 Å². The Morgan fingerprint density at radius 2 is 1.68 bits per heavy atom. The molecule has 0 fully saturated rings. The van der Waals surface area contributed by atoms with Gasteiger partial charge in [0, 0.05) is 50.0 Å². The van der Waals surface area contributed by atoms with E-state index in [2.05, 4.69) is 34.8 Å². The zero-order valence-electron chi connectivity index (χ0n) is 23.7. The molecule has 2 N–H and O–H groups in total. The molecular weight excluding hydrogens is 534 g/mol. The normalized spacial score (nSPS) is 12.1. The molecule has 41 heavy (non-hydrogen) atoms. The largest absolute Gasteiger partial charge is 0.439 e. The van der Waals surface area contributed by atoms with E-state index in [0.717, 1.165) is 45.4 Å². The second-order valence-corrected chi connectivity index (χ2v) is 17.1. The number of ether oxygens (including phenoxy) is 2. The van der Waals surface area contributed by atoms with E-state index >= 15 is 0 Å². The predicted octanol–water partition coefficient (Wildman–Crippen LogP) is 5.37. The number of nitrogens with zero attached hydrogens (tertiary/aromatic N) is 6. The van der Waals surface area contributed by atoms with Crippen LogP contribution in [0.2, 0.25) is 25.7 Å². The van der Waals surface area contributed by atoms with Crippen LogP contribution in [0.4, 0.5) is 5.82 Å². The van der Waals surface area contributed by atoms with Crippen LogP contribution < -0.4 is 16.0 Å². The van der Waals surface area contributed by atoms with Gasteiger partial charge in [0.05, 0.1) is 30.0 Å². The lowest BCUT2D eigenvalue weighted by Gasteiger charge is -2.15. The minimum absolute atomic E-state index is 0.166. The summed E-state index contributed by atoms with van der Waals surface area (Å²) >= 11 is 0. The fourth-order valence-electron chi connectivity index (χ4n) is 5.02. The average Bonchev–Trinajstić information content (AvgIpc) is 3.47. The molecule has 0 saturated heterocycles. The summed E-state index contributed by atoms with van der Waals surface area (Å²) in [7, 11) is 0.726. The van der Waals surface area contributed by atoms with E-state index in [1.165, 1.54) is 4.68 Å². The zero-order valence-corrected chi connectivity index (χ0v) is 24.7. The number of nitrogens with two attached hydrogens (primary N) is 1. The van der Waals surface area contributed by atoms with Gasteiger partial charge < -0.3 is 19.8 Å². The summed E-state index contributed by atoms with van der Waals surface area (Å²) < 4.78 is 17.1. The number of nitrogen functional groups attached to an aromatic ring is 1. The Kier molecular flexibility index (Phi) is 6.84. The summed E-state index contributed by atoms with van der Waals surface area (Å²) in [6.45, 7) is 8.46. The number of rotatable bonds is 9. The minimum Gasteiger partial charge on any atom is -0.439 e. The number of hydrogen-bond acceptors (Lipinski definition) is 7. The molecule has 0 radical (unpaired) electrons. The lowest BCUT2D eigenvalue weighted by Crippen LogP contribution is -2.24. The molecule has 10 nitrogen and oxygen atoms in total. The van der Waals surface area contributed by atoms with Gasteiger partial charge in [-0.05, 0) is 35.9 Å². The predicted molar refractivity (Wildman–Crippen MR) is 164 cm³/mol. The number of aryl methyl sites for hydroxylation is 1. The molecule has 4 aromatic heterocycles. The van der Waals surface area contributed by atoms with Gasteiger partial charge in [0.2, 0.25) is 5.88 Å². The van der Waals surface area contributed by atoms with Gasteiger partial charge in [-0.3, -0.25) is 4.79 Å².